The van der Waals surface area contributed by atoms with Crippen molar-refractivity contribution in [2.75, 3.05) is 6.54 Å². The van der Waals surface area contributed by atoms with Crippen LogP contribution in [0.15, 0.2) is 16.8 Å². The normalized spacial score (nSPS) is 17.5. The summed E-state index contributed by atoms with van der Waals surface area (Å²) < 4.78 is 5.22. The van der Waals surface area contributed by atoms with E-state index in [0.29, 0.717) is 5.41 Å². The molecule has 1 aliphatic heterocycles. The van der Waals surface area contributed by atoms with Crippen LogP contribution in [0.4, 0.5) is 0 Å². The summed E-state index contributed by atoms with van der Waals surface area (Å²) >= 11 is 0. The molecule has 0 saturated heterocycles. The van der Waals surface area contributed by atoms with Gasteiger partial charge >= 0.3 is 0 Å². The number of hydrogen-bond acceptors (Lipinski definition) is 2. The topological polar surface area (TPSA) is 21.6 Å². The maximum Gasteiger partial charge on any atom is 0.176 e. The Bertz CT molecular complexity index is 186. The van der Waals surface area contributed by atoms with Crippen molar-refractivity contribution < 1.29 is 4.74 Å². The summed E-state index contributed by atoms with van der Waals surface area (Å²) in [5.41, 5.74) is 0.303. The van der Waals surface area contributed by atoms with E-state index in [1.807, 2.05) is 6.08 Å². The van der Waals surface area contributed by atoms with E-state index < -0.39 is 0 Å². The predicted molar refractivity (Wildman–Crippen MR) is 46.6 cm³/mol. The summed E-state index contributed by atoms with van der Waals surface area (Å²) in [4.78, 5) is 3.93. The molecule has 0 fully saturated rings. The summed E-state index contributed by atoms with van der Waals surface area (Å²) in [7, 11) is 0. The Labute approximate surface area is 68.0 Å². The minimum atomic E-state index is 0.303. The second kappa shape index (κ2) is 3.07. The summed E-state index contributed by atoms with van der Waals surface area (Å²) in [5, 5.41) is 0. The van der Waals surface area contributed by atoms with Crippen molar-refractivity contribution in [2.24, 2.45) is 10.4 Å². The van der Waals surface area contributed by atoms with E-state index in [9.17, 15) is 0 Å². The van der Waals surface area contributed by atoms with Crippen molar-refractivity contribution in [2.45, 2.75) is 27.2 Å². The quantitative estimate of drug-likeness (QED) is 0.566. The fourth-order valence-corrected chi connectivity index (χ4v) is 0.987. The number of ether oxygens (including phenoxy) is 1. The van der Waals surface area contributed by atoms with Crippen LogP contribution in [0.2, 0.25) is 0 Å². The molecule has 2 nitrogen and oxygen atoms in total. The molecule has 0 aromatic rings. The Morgan fingerprint density at radius 3 is 2.73 bits per heavy atom. The van der Waals surface area contributed by atoms with E-state index in [-0.39, 0.29) is 0 Å². The molecule has 62 valence electrons. The first-order valence-electron chi connectivity index (χ1n) is 3.92. The van der Waals surface area contributed by atoms with Crippen molar-refractivity contribution in [1.82, 2.24) is 0 Å². The third-order valence-corrected chi connectivity index (χ3v) is 1.41. The number of allylic oxidation sites excluding steroid dienone is 1. The lowest BCUT2D eigenvalue weighted by atomic mass is 9.91. The first-order valence-corrected chi connectivity index (χ1v) is 3.92. The molecular weight excluding hydrogens is 138 g/mol. The average molecular weight is 153 g/mol. The van der Waals surface area contributed by atoms with Gasteiger partial charge < -0.3 is 4.74 Å². The summed E-state index contributed by atoms with van der Waals surface area (Å²) in [6.07, 6.45) is 4.55. The maximum absolute atomic E-state index is 5.22. The van der Waals surface area contributed by atoms with E-state index in [2.05, 4.69) is 25.8 Å². The predicted octanol–water partition coefficient (Wildman–Crippen LogP) is 2.37. The monoisotopic (exact) mass is 153 g/mol. The zero-order valence-corrected chi connectivity index (χ0v) is 7.42. The first-order chi connectivity index (χ1) is 5.08. The third kappa shape index (κ3) is 3.21. The van der Waals surface area contributed by atoms with Gasteiger partial charge in [-0.25, -0.2) is 0 Å². The highest BCUT2D eigenvalue weighted by molar-refractivity contribution is 5.50. The lowest BCUT2D eigenvalue weighted by Gasteiger charge is -2.20. The van der Waals surface area contributed by atoms with E-state index in [0.717, 1.165) is 18.7 Å². The van der Waals surface area contributed by atoms with Crippen LogP contribution in [0.5, 0.6) is 0 Å². The van der Waals surface area contributed by atoms with Crippen LogP contribution in [0, 0.1) is 5.41 Å². The Kier molecular flexibility index (Phi) is 2.32. The molecule has 0 saturated carbocycles. The van der Waals surface area contributed by atoms with Crippen LogP contribution < -0.4 is 0 Å². The van der Waals surface area contributed by atoms with Gasteiger partial charge in [-0.2, -0.15) is 0 Å². The van der Waals surface area contributed by atoms with Gasteiger partial charge in [-0.3, -0.25) is 4.99 Å². The Balaban J connectivity index is 2.44. The molecular formula is C9H15NO. The average Bonchev–Trinajstić information content (AvgIpc) is 1.85. The van der Waals surface area contributed by atoms with Crippen LogP contribution in [-0.4, -0.2) is 12.9 Å². The maximum atomic E-state index is 5.22. The second-order valence-electron chi connectivity index (χ2n) is 4.00. The van der Waals surface area contributed by atoms with Crippen molar-refractivity contribution in [1.29, 1.82) is 0 Å². The van der Waals surface area contributed by atoms with Crippen LogP contribution in [0.1, 0.15) is 27.2 Å². The first kappa shape index (κ1) is 8.31. The summed E-state index contributed by atoms with van der Waals surface area (Å²) in [6, 6.07) is 0. The molecule has 0 unspecified atom stereocenters. The van der Waals surface area contributed by atoms with Gasteiger partial charge in [0.05, 0.1) is 6.54 Å². The van der Waals surface area contributed by atoms with Gasteiger partial charge in [0, 0.05) is 6.42 Å². The molecule has 0 N–H and O–H groups in total. The van der Waals surface area contributed by atoms with Crippen LogP contribution in [-0.2, 0) is 4.74 Å². The third-order valence-electron chi connectivity index (χ3n) is 1.41. The van der Waals surface area contributed by atoms with Gasteiger partial charge in [0.25, 0.3) is 0 Å². The lowest BCUT2D eigenvalue weighted by molar-refractivity contribution is 0.312. The molecule has 0 bridgehead atoms. The zero-order valence-electron chi connectivity index (χ0n) is 7.42. The van der Waals surface area contributed by atoms with Crippen molar-refractivity contribution in [3.05, 3.63) is 11.8 Å². The van der Waals surface area contributed by atoms with Gasteiger partial charge in [0.15, 0.2) is 6.40 Å². The van der Waals surface area contributed by atoms with Crippen LogP contribution in [0.25, 0.3) is 0 Å². The van der Waals surface area contributed by atoms with Gasteiger partial charge in [-0.05, 0) is 11.5 Å². The largest absolute Gasteiger partial charge is 0.451 e. The molecule has 1 heterocycles. The van der Waals surface area contributed by atoms with Gasteiger partial charge in [-0.15, -0.1) is 0 Å². The van der Waals surface area contributed by atoms with Gasteiger partial charge in [-0.1, -0.05) is 20.8 Å². The summed E-state index contributed by atoms with van der Waals surface area (Å²) in [5.74, 6) is 1.05. The summed E-state index contributed by atoms with van der Waals surface area (Å²) in [6.45, 7) is 7.36. The number of hydrogen-bond donors (Lipinski definition) is 0. The minimum Gasteiger partial charge on any atom is -0.451 e. The molecule has 1 rings (SSSR count). The molecule has 0 aromatic heterocycles. The zero-order chi connectivity index (χ0) is 8.32. The Hall–Kier alpha value is -0.790. The smallest absolute Gasteiger partial charge is 0.176 e. The Morgan fingerprint density at radius 1 is 1.55 bits per heavy atom. The molecule has 1 aliphatic rings. The van der Waals surface area contributed by atoms with Gasteiger partial charge in [0.1, 0.15) is 5.76 Å². The fourth-order valence-electron chi connectivity index (χ4n) is 0.987. The van der Waals surface area contributed by atoms with E-state index in [4.69, 9.17) is 4.74 Å². The minimum absolute atomic E-state index is 0.303. The number of rotatable bonds is 1. The molecule has 0 amide bonds. The molecule has 2 heteroatoms. The van der Waals surface area contributed by atoms with Crippen LogP contribution >= 0.6 is 0 Å². The van der Waals surface area contributed by atoms with E-state index in [1.54, 1.807) is 0 Å². The fraction of sp³-hybridized carbons (Fsp3) is 0.667. The molecule has 0 radical (unpaired) electrons. The number of nitrogens with zero attached hydrogens (tertiary/aromatic N) is 1. The standard InChI is InChI=1S/C9H15NO/c1-9(2,3)6-8-4-5-10-7-11-8/h4,7H,5-6H2,1-3H3. The SMILES string of the molecule is CC(C)(C)CC1=CCN=CO1. The molecule has 0 aromatic carbocycles. The highest BCUT2D eigenvalue weighted by Gasteiger charge is 2.14. The van der Waals surface area contributed by atoms with Crippen molar-refractivity contribution >= 4 is 6.40 Å². The number of aliphatic imine (C=N–C) groups is 1. The highest BCUT2D eigenvalue weighted by Crippen LogP contribution is 2.24. The highest BCUT2D eigenvalue weighted by atomic mass is 16.5. The molecule has 0 aliphatic carbocycles. The van der Waals surface area contributed by atoms with Crippen molar-refractivity contribution in [3.63, 3.8) is 0 Å². The van der Waals surface area contributed by atoms with Crippen LogP contribution in [0.3, 0.4) is 0 Å². The molecule has 0 spiro atoms. The lowest BCUT2D eigenvalue weighted by Crippen LogP contribution is -2.09. The van der Waals surface area contributed by atoms with E-state index in [1.165, 1.54) is 6.40 Å². The molecule has 0 atom stereocenters. The van der Waals surface area contributed by atoms with Gasteiger partial charge in [0.2, 0.25) is 0 Å². The molecule has 11 heavy (non-hydrogen) atoms. The van der Waals surface area contributed by atoms with E-state index >= 15 is 0 Å². The second-order valence-corrected chi connectivity index (χ2v) is 4.00. The van der Waals surface area contributed by atoms with Crippen molar-refractivity contribution in [3.8, 4) is 0 Å². The Morgan fingerprint density at radius 2 is 2.27 bits per heavy atom.